The molecule has 0 bridgehead atoms. The molecule has 5 nitrogen and oxygen atoms in total. The minimum atomic E-state index is -0.358. The summed E-state index contributed by atoms with van der Waals surface area (Å²) in [5.41, 5.74) is 0. The molecule has 1 aliphatic carbocycles. The van der Waals surface area contributed by atoms with Gasteiger partial charge in [0.2, 0.25) is 11.8 Å². The van der Waals surface area contributed by atoms with E-state index in [0.717, 1.165) is 25.7 Å². The number of hydrogen-bond donors (Lipinski definition) is 1. The topological polar surface area (TPSA) is 58.6 Å². The van der Waals surface area contributed by atoms with Crippen LogP contribution in [0.4, 0.5) is 0 Å². The number of nitrogens with one attached hydrogen (secondary N) is 1. The molecule has 1 saturated heterocycles. The number of ether oxygens (including phenoxy) is 1. The Labute approximate surface area is 127 Å². The van der Waals surface area contributed by atoms with Crippen molar-refractivity contribution in [2.45, 2.75) is 77.0 Å². The fourth-order valence-electron chi connectivity index (χ4n) is 3.36. The van der Waals surface area contributed by atoms with Gasteiger partial charge in [0.25, 0.3) is 0 Å². The van der Waals surface area contributed by atoms with Crippen LogP contribution < -0.4 is 5.32 Å². The highest BCUT2D eigenvalue weighted by Crippen LogP contribution is 2.26. The summed E-state index contributed by atoms with van der Waals surface area (Å²) in [5.74, 6) is -0.0379. The summed E-state index contributed by atoms with van der Waals surface area (Å²) < 4.78 is 5.45. The van der Waals surface area contributed by atoms with Crippen LogP contribution in [0.1, 0.15) is 58.8 Å². The first-order chi connectivity index (χ1) is 10.1. The molecule has 2 aliphatic rings. The van der Waals surface area contributed by atoms with E-state index in [9.17, 15) is 9.59 Å². The summed E-state index contributed by atoms with van der Waals surface area (Å²) in [4.78, 5) is 26.3. The Bertz CT molecular complexity index is 365. The third kappa shape index (κ3) is 4.27. The van der Waals surface area contributed by atoms with Crippen molar-refractivity contribution in [3.63, 3.8) is 0 Å². The van der Waals surface area contributed by atoms with Crippen LogP contribution in [0.15, 0.2) is 0 Å². The van der Waals surface area contributed by atoms with Crippen LogP contribution in [0.3, 0.4) is 0 Å². The maximum absolute atomic E-state index is 12.5. The van der Waals surface area contributed by atoms with Crippen LogP contribution in [0, 0.1) is 0 Å². The molecule has 0 aromatic heterocycles. The average Bonchev–Trinajstić information content (AvgIpc) is 2.65. The zero-order valence-corrected chi connectivity index (χ0v) is 13.3. The van der Waals surface area contributed by atoms with Crippen molar-refractivity contribution in [2.75, 3.05) is 13.2 Å². The molecular weight excluding hydrogens is 268 g/mol. The first kappa shape index (κ1) is 16.4. The van der Waals surface area contributed by atoms with E-state index in [1.54, 1.807) is 4.90 Å². The van der Waals surface area contributed by atoms with Crippen molar-refractivity contribution in [1.82, 2.24) is 10.2 Å². The fraction of sp³-hybridized carbons (Fsp3) is 0.875. The van der Waals surface area contributed by atoms with Gasteiger partial charge in [-0.2, -0.15) is 0 Å². The van der Waals surface area contributed by atoms with Gasteiger partial charge in [-0.15, -0.1) is 0 Å². The van der Waals surface area contributed by atoms with Crippen molar-refractivity contribution in [3.8, 4) is 0 Å². The van der Waals surface area contributed by atoms with Crippen molar-refractivity contribution < 1.29 is 14.3 Å². The molecule has 5 heteroatoms. The molecule has 1 N–H and O–H groups in total. The van der Waals surface area contributed by atoms with E-state index in [4.69, 9.17) is 4.74 Å². The molecule has 0 radical (unpaired) electrons. The summed E-state index contributed by atoms with van der Waals surface area (Å²) in [6.45, 7) is 5.19. The molecule has 0 spiro atoms. The zero-order valence-electron chi connectivity index (χ0n) is 13.3. The highest BCUT2D eigenvalue weighted by molar-refractivity contribution is 6.05. The second kappa shape index (κ2) is 7.90. The number of carbonyl (C=O) groups is 2. The van der Waals surface area contributed by atoms with Gasteiger partial charge in [0, 0.05) is 19.2 Å². The van der Waals surface area contributed by atoms with Gasteiger partial charge in [-0.1, -0.05) is 25.7 Å². The van der Waals surface area contributed by atoms with E-state index >= 15 is 0 Å². The maximum atomic E-state index is 12.5. The summed E-state index contributed by atoms with van der Waals surface area (Å²) in [6.07, 6.45) is 7.00. The SMILES string of the molecule is CCOC(C)CNC1CC(=O)N(C2CCCCCC2)C1=O. The van der Waals surface area contributed by atoms with Crippen LogP contribution in [0.25, 0.3) is 0 Å². The Morgan fingerprint density at radius 1 is 1.24 bits per heavy atom. The number of hydrogen-bond acceptors (Lipinski definition) is 4. The summed E-state index contributed by atoms with van der Waals surface area (Å²) in [7, 11) is 0. The summed E-state index contributed by atoms with van der Waals surface area (Å²) in [5, 5.41) is 3.19. The number of imide groups is 1. The molecular formula is C16H28N2O3. The van der Waals surface area contributed by atoms with Crippen molar-refractivity contribution in [1.29, 1.82) is 0 Å². The largest absolute Gasteiger partial charge is 0.377 e. The van der Waals surface area contributed by atoms with Crippen LogP contribution in [-0.4, -0.2) is 48.1 Å². The van der Waals surface area contributed by atoms with E-state index in [1.807, 2.05) is 13.8 Å². The monoisotopic (exact) mass is 296 g/mol. The van der Waals surface area contributed by atoms with E-state index in [1.165, 1.54) is 12.8 Å². The molecule has 2 atom stereocenters. The predicted molar refractivity (Wildman–Crippen MR) is 80.8 cm³/mol. The van der Waals surface area contributed by atoms with Gasteiger partial charge < -0.3 is 10.1 Å². The van der Waals surface area contributed by atoms with Gasteiger partial charge in [-0.25, -0.2) is 0 Å². The quantitative estimate of drug-likeness (QED) is 0.600. The third-order valence-electron chi connectivity index (χ3n) is 4.48. The Hall–Kier alpha value is -0.940. The van der Waals surface area contributed by atoms with Crippen molar-refractivity contribution in [3.05, 3.63) is 0 Å². The second-order valence-corrected chi connectivity index (χ2v) is 6.18. The van der Waals surface area contributed by atoms with E-state index < -0.39 is 0 Å². The minimum Gasteiger partial charge on any atom is -0.377 e. The molecule has 21 heavy (non-hydrogen) atoms. The van der Waals surface area contributed by atoms with Gasteiger partial charge in [-0.3, -0.25) is 14.5 Å². The van der Waals surface area contributed by atoms with Crippen LogP contribution >= 0.6 is 0 Å². The first-order valence-corrected chi connectivity index (χ1v) is 8.34. The molecule has 0 aromatic rings. The highest BCUT2D eigenvalue weighted by Gasteiger charge is 2.41. The van der Waals surface area contributed by atoms with Gasteiger partial charge in [0.1, 0.15) is 0 Å². The number of nitrogens with zero attached hydrogens (tertiary/aromatic N) is 1. The smallest absolute Gasteiger partial charge is 0.247 e. The molecule has 2 fully saturated rings. The van der Waals surface area contributed by atoms with Crippen molar-refractivity contribution >= 4 is 11.8 Å². The standard InChI is InChI=1S/C16H28N2O3/c1-3-21-12(2)11-17-14-10-15(19)18(16(14)20)13-8-6-4-5-7-9-13/h12-14,17H,3-11H2,1-2H3. The number of carbonyl (C=O) groups excluding carboxylic acids is 2. The molecule has 2 unspecified atom stereocenters. The maximum Gasteiger partial charge on any atom is 0.247 e. The fourth-order valence-corrected chi connectivity index (χ4v) is 3.36. The third-order valence-corrected chi connectivity index (χ3v) is 4.48. The number of rotatable bonds is 6. The molecule has 1 heterocycles. The lowest BCUT2D eigenvalue weighted by Gasteiger charge is -2.25. The van der Waals surface area contributed by atoms with Gasteiger partial charge in [0.05, 0.1) is 18.6 Å². The summed E-state index contributed by atoms with van der Waals surface area (Å²) in [6, 6.07) is -0.229. The predicted octanol–water partition coefficient (Wildman–Crippen LogP) is 1.85. The van der Waals surface area contributed by atoms with E-state index in [-0.39, 0.29) is 30.0 Å². The zero-order chi connectivity index (χ0) is 15.2. The Balaban J connectivity index is 1.89. The van der Waals surface area contributed by atoms with Crippen molar-refractivity contribution in [2.24, 2.45) is 0 Å². The van der Waals surface area contributed by atoms with Gasteiger partial charge in [0.15, 0.2) is 0 Å². The molecule has 1 aliphatic heterocycles. The highest BCUT2D eigenvalue weighted by atomic mass is 16.5. The van der Waals surface area contributed by atoms with Crippen LogP contribution in [0.2, 0.25) is 0 Å². The van der Waals surface area contributed by atoms with Crippen LogP contribution in [0.5, 0.6) is 0 Å². The molecule has 0 aromatic carbocycles. The van der Waals surface area contributed by atoms with Crippen LogP contribution in [-0.2, 0) is 14.3 Å². The average molecular weight is 296 g/mol. The Kier molecular flexibility index (Phi) is 6.18. The number of amides is 2. The Morgan fingerprint density at radius 2 is 1.90 bits per heavy atom. The lowest BCUT2D eigenvalue weighted by molar-refractivity contribution is -0.141. The van der Waals surface area contributed by atoms with Gasteiger partial charge >= 0.3 is 0 Å². The summed E-state index contributed by atoms with van der Waals surface area (Å²) >= 11 is 0. The van der Waals surface area contributed by atoms with E-state index in [2.05, 4.69) is 5.32 Å². The Morgan fingerprint density at radius 3 is 2.52 bits per heavy atom. The lowest BCUT2D eigenvalue weighted by atomic mass is 10.1. The number of likely N-dealkylation sites (tertiary alicyclic amines) is 1. The lowest BCUT2D eigenvalue weighted by Crippen LogP contribution is -2.45. The first-order valence-electron chi connectivity index (χ1n) is 8.34. The van der Waals surface area contributed by atoms with Gasteiger partial charge in [-0.05, 0) is 26.7 Å². The minimum absolute atomic E-state index is 0.00605. The van der Waals surface area contributed by atoms with E-state index in [0.29, 0.717) is 19.6 Å². The molecule has 2 rings (SSSR count). The normalized spacial score (nSPS) is 26.2. The molecule has 2 amide bonds. The molecule has 1 saturated carbocycles. The second-order valence-electron chi connectivity index (χ2n) is 6.18. The molecule has 120 valence electrons.